The Morgan fingerprint density at radius 2 is 1.67 bits per heavy atom. The zero-order valence-corrected chi connectivity index (χ0v) is 9.48. The lowest BCUT2D eigenvalue weighted by Crippen LogP contribution is -1.94. The van der Waals surface area contributed by atoms with E-state index in [4.69, 9.17) is 0 Å². The lowest BCUT2D eigenvalue weighted by molar-refractivity contribution is -0.384. The van der Waals surface area contributed by atoms with Gasteiger partial charge in [0, 0.05) is 12.1 Å². The second kappa shape index (κ2) is 4.07. The predicted octanol–water partition coefficient (Wildman–Crippen LogP) is 3.14. The van der Waals surface area contributed by atoms with E-state index in [-0.39, 0.29) is 11.7 Å². The molecule has 0 bridgehead atoms. The van der Waals surface area contributed by atoms with Gasteiger partial charge in [-0.1, -0.05) is 30.3 Å². The lowest BCUT2D eigenvalue weighted by atomic mass is 10.0. The van der Waals surface area contributed by atoms with Crippen LogP contribution in [0.1, 0.15) is 17.2 Å². The summed E-state index contributed by atoms with van der Waals surface area (Å²) in [5.41, 5.74) is 3.22. The fourth-order valence-electron chi connectivity index (χ4n) is 1.96. The van der Waals surface area contributed by atoms with E-state index in [0.717, 1.165) is 16.8 Å². The average molecular weight is 238 g/mol. The van der Waals surface area contributed by atoms with Crippen molar-refractivity contribution in [3.63, 3.8) is 0 Å². The number of nitro benzene ring substituents is 1. The molecule has 18 heavy (non-hydrogen) atoms. The fourth-order valence-corrected chi connectivity index (χ4v) is 1.96. The largest absolute Gasteiger partial charge is 0.272 e. The van der Waals surface area contributed by atoms with E-state index in [2.05, 4.69) is 4.99 Å². The molecule has 0 spiro atoms. The summed E-state index contributed by atoms with van der Waals surface area (Å²) in [5, 5.41) is 10.6. The van der Waals surface area contributed by atoms with Gasteiger partial charge in [0.2, 0.25) is 0 Å². The number of nitro groups is 1. The molecule has 4 heteroatoms. The Morgan fingerprint density at radius 1 is 1.00 bits per heavy atom. The van der Waals surface area contributed by atoms with Gasteiger partial charge < -0.3 is 0 Å². The van der Waals surface area contributed by atoms with E-state index >= 15 is 0 Å². The maximum Gasteiger partial charge on any atom is 0.269 e. The number of benzene rings is 2. The van der Waals surface area contributed by atoms with Crippen molar-refractivity contribution in [2.45, 2.75) is 6.04 Å². The van der Waals surface area contributed by atoms with Gasteiger partial charge in [-0.3, -0.25) is 15.1 Å². The van der Waals surface area contributed by atoms with E-state index in [1.54, 1.807) is 12.1 Å². The summed E-state index contributed by atoms with van der Waals surface area (Å²) in [4.78, 5) is 14.6. The molecule has 1 atom stereocenters. The number of aliphatic imine (C=N–C) groups is 1. The first-order valence-corrected chi connectivity index (χ1v) is 5.63. The maximum absolute atomic E-state index is 10.6. The molecule has 0 N–H and O–H groups in total. The molecular formula is C14H10N2O2. The first-order valence-electron chi connectivity index (χ1n) is 5.63. The van der Waals surface area contributed by atoms with Crippen molar-refractivity contribution < 1.29 is 4.92 Å². The van der Waals surface area contributed by atoms with Gasteiger partial charge in [-0.05, 0) is 23.3 Å². The predicted molar refractivity (Wildman–Crippen MR) is 68.8 cm³/mol. The van der Waals surface area contributed by atoms with Gasteiger partial charge in [-0.2, -0.15) is 0 Å². The molecule has 88 valence electrons. The average Bonchev–Trinajstić information content (AvgIpc) is 3.20. The quantitative estimate of drug-likeness (QED) is 0.609. The summed E-state index contributed by atoms with van der Waals surface area (Å²) >= 11 is 0. The molecule has 0 fully saturated rings. The van der Waals surface area contributed by atoms with Crippen molar-refractivity contribution in [3.05, 3.63) is 75.8 Å². The van der Waals surface area contributed by atoms with Crippen molar-refractivity contribution in [3.8, 4) is 0 Å². The van der Waals surface area contributed by atoms with Gasteiger partial charge in [0.25, 0.3) is 5.69 Å². The Kier molecular flexibility index (Phi) is 2.41. The third kappa shape index (κ3) is 1.88. The highest BCUT2D eigenvalue weighted by Crippen LogP contribution is 2.35. The fraction of sp³-hybridized carbons (Fsp3) is 0.0714. The normalized spacial score (nSPS) is 17.1. The molecular weight excluding hydrogens is 228 g/mol. The molecule has 0 radical (unpaired) electrons. The summed E-state index contributed by atoms with van der Waals surface area (Å²) in [6.45, 7) is 0. The monoisotopic (exact) mass is 238 g/mol. The molecule has 4 nitrogen and oxygen atoms in total. The minimum Gasteiger partial charge on any atom is -0.272 e. The zero-order chi connectivity index (χ0) is 12.5. The second-order valence-electron chi connectivity index (χ2n) is 4.13. The van der Waals surface area contributed by atoms with E-state index in [1.807, 2.05) is 30.3 Å². The highest BCUT2D eigenvalue weighted by atomic mass is 16.6. The van der Waals surface area contributed by atoms with Gasteiger partial charge >= 0.3 is 0 Å². The molecule has 1 unspecified atom stereocenters. The Hall–Kier alpha value is -2.49. The van der Waals surface area contributed by atoms with Gasteiger partial charge in [0.15, 0.2) is 0 Å². The maximum atomic E-state index is 10.6. The third-order valence-electron chi connectivity index (χ3n) is 2.95. The highest BCUT2D eigenvalue weighted by Gasteiger charge is 2.30. The standard InChI is InChI=1S/C14H10N2O2/c17-16(18)12-8-6-11(7-9-12)14-13(15-14)10-4-2-1-3-5-10/h1-9,13H. The number of rotatable bonds is 3. The molecule has 0 aromatic heterocycles. The molecule has 0 amide bonds. The van der Waals surface area contributed by atoms with Crippen LogP contribution in [-0.2, 0) is 0 Å². The van der Waals surface area contributed by atoms with Crippen LogP contribution < -0.4 is 0 Å². The number of hydrogen-bond donors (Lipinski definition) is 0. The van der Waals surface area contributed by atoms with Crippen molar-refractivity contribution in [1.82, 2.24) is 0 Å². The highest BCUT2D eigenvalue weighted by molar-refractivity contribution is 6.13. The van der Waals surface area contributed by atoms with Crippen molar-refractivity contribution in [1.29, 1.82) is 0 Å². The van der Waals surface area contributed by atoms with Crippen LogP contribution >= 0.6 is 0 Å². The van der Waals surface area contributed by atoms with Crippen LogP contribution in [0, 0.1) is 10.1 Å². The zero-order valence-electron chi connectivity index (χ0n) is 9.48. The molecule has 3 rings (SSSR count). The smallest absolute Gasteiger partial charge is 0.269 e. The van der Waals surface area contributed by atoms with Crippen LogP contribution in [0.25, 0.3) is 0 Å². The summed E-state index contributed by atoms with van der Waals surface area (Å²) in [6, 6.07) is 16.6. The second-order valence-corrected chi connectivity index (χ2v) is 4.13. The Morgan fingerprint density at radius 3 is 2.28 bits per heavy atom. The van der Waals surface area contributed by atoms with Gasteiger partial charge in [-0.25, -0.2) is 0 Å². The molecule has 1 aliphatic rings. The summed E-state index contributed by atoms with van der Waals surface area (Å²) < 4.78 is 0. The van der Waals surface area contributed by atoms with E-state index in [1.165, 1.54) is 12.1 Å². The van der Waals surface area contributed by atoms with Crippen LogP contribution in [-0.4, -0.2) is 10.6 Å². The minimum atomic E-state index is -0.396. The molecule has 2 aromatic rings. The van der Waals surface area contributed by atoms with E-state index < -0.39 is 4.92 Å². The van der Waals surface area contributed by atoms with Crippen molar-refractivity contribution in [2.75, 3.05) is 0 Å². The Bertz CT molecular complexity index is 618. The number of hydrogen-bond acceptors (Lipinski definition) is 3. The topological polar surface area (TPSA) is 55.5 Å². The first-order chi connectivity index (χ1) is 8.75. The van der Waals surface area contributed by atoms with Crippen LogP contribution in [0.5, 0.6) is 0 Å². The molecule has 0 aliphatic carbocycles. The van der Waals surface area contributed by atoms with Gasteiger partial charge in [0.05, 0.1) is 10.6 Å². The van der Waals surface area contributed by atoms with E-state index in [0.29, 0.717) is 0 Å². The van der Waals surface area contributed by atoms with Crippen molar-refractivity contribution in [2.24, 2.45) is 4.99 Å². The number of non-ortho nitro benzene ring substituents is 1. The van der Waals surface area contributed by atoms with Crippen molar-refractivity contribution >= 4 is 11.4 Å². The van der Waals surface area contributed by atoms with E-state index in [9.17, 15) is 10.1 Å². The SMILES string of the molecule is O=[N+]([O-])c1ccc(C2=NC2c2ccccc2)cc1. The van der Waals surface area contributed by atoms with Gasteiger partial charge in [0.1, 0.15) is 6.04 Å². The van der Waals surface area contributed by atoms with Crippen LogP contribution in [0.15, 0.2) is 59.6 Å². The van der Waals surface area contributed by atoms with Crippen LogP contribution in [0.3, 0.4) is 0 Å². The lowest BCUT2D eigenvalue weighted by Gasteiger charge is -1.98. The summed E-state index contributed by atoms with van der Waals surface area (Å²) in [7, 11) is 0. The summed E-state index contributed by atoms with van der Waals surface area (Å²) in [6.07, 6.45) is 0. The van der Waals surface area contributed by atoms with Gasteiger partial charge in [-0.15, -0.1) is 0 Å². The summed E-state index contributed by atoms with van der Waals surface area (Å²) in [5.74, 6) is 0. The van der Waals surface area contributed by atoms with Crippen LogP contribution in [0.2, 0.25) is 0 Å². The molecule has 0 saturated heterocycles. The first kappa shape index (κ1) is 10.7. The third-order valence-corrected chi connectivity index (χ3v) is 2.95. The molecule has 2 aromatic carbocycles. The minimum absolute atomic E-state index is 0.108. The molecule has 1 aliphatic heterocycles. The molecule has 0 saturated carbocycles. The Balaban J connectivity index is 1.78. The number of nitrogens with zero attached hydrogens (tertiary/aromatic N) is 2. The van der Waals surface area contributed by atoms with Crippen LogP contribution in [0.4, 0.5) is 5.69 Å². The molecule has 1 heterocycles. The Labute approximate surface area is 104 Å².